The smallest absolute Gasteiger partial charge is 0.203 e. The molecule has 0 aromatic heterocycles. The maximum absolute atomic E-state index is 13.1. The highest BCUT2D eigenvalue weighted by molar-refractivity contribution is 9.09. The molecule has 32 heavy (non-hydrogen) atoms. The van der Waals surface area contributed by atoms with Crippen LogP contribution < -0.4 is 15.7 Å². The molecule has 2 aromatic rings. The lowest BCUT2D eigenvalue weighted by atomic mass is 9.89. The summed E-state index contributed by atoms with van der Waals surface area (Å²) in [7, 11) is 0. The topological polar surface area (TPSA) is 59.2 Å². The van der Waals surface area contributed by atoms with E-state index in [2.05, 4.69) is 52.6 Å². The van der Waals surface area contributed by atoms with Gasteiger partial charge in [0.25, 0.3) is 0 Å². The van der Waals surface area contributed by atoms with Crippen molar-refractivity contribution in [2.45, 2.75) is 26.7 Å². The van der Waals surface area contributed by atoms with Gasteiger partial charge in [-0.1, -0.05) is 40.2 Å². The van der Waals surface area contributed by atoms with E-state index in [-0.39, 0.29) is 5.78 Å². The Balaban J connectivity index is 2.07. The highest BCUT2D eigenvalue weighted by atomic mass is 79.9. The van der Waals surface area contributed by atoms with Gasteiger partial charge in [-0.2, -0.15) is 0 Å². The number of alkyl halides is 1. The van der Waals surface area contributed by atoms with Crippen molar-refractivity contribution >= 4 is 38.4 Å². The van der Waals surface area contributed by atoms with E-state index in [1.54, 1.807) is 0 Å². The zero-order chi connectivity index (χ0) is 22.7. The summed E-state index contributed by atoms with van der Waals surface area (Å²) >= 11 is 3.44. The third-order valence-corrected chi connectivity index (χ3v) is 6.45. The first-order chi connectivity index (χ1) is 15.6. The number of rotatable bonds is 7. The van der Waals surface area contributed by atoms with E-state index >= 15 is 0 Å². The van der Waals surface area contributed by atoms with Crippen LogP contribution in [0.5, 0.6) is 0 Å². The standard InChI is InChI=1S/C27H27BrN2O2/c1-3-30(4-2)19-12-14-23-26(17-19)32-25-16-18(29)11-13-22(25)27(23)21-9-6-5-8-20(21)24(31)10-7-15-28/h5-6,8-9,11-14,16-17,29H,3-4,7,10,15H2,1-2H3/p+1. The fourth-order valence-electron chi connectivity index (χ4n) is 4.28. The summed E-state index contributed by atoms with van der Waals surface area (Å²) in [4.78, 5) is 13.1. The molecule has 0 unspecified atom stereocenters. The predicted molar refractivity (Wildman–Crippen MR) is 136 cm³/mol. The van der Waals surface area contributed by atoms with Crippen molar-refractivity contribution in [1.82, 2.24) is 4.58 Å². The number of halogens is 1. The zero-order valence-electron chi connectivity index (χ0n) is 18.5. The molecular weight excluding hydrogens is 464 g/mol. The number of hydrogen-bond acceptors (Lipinski definition) is 3. The van der Waals surface area contributed by atoms with Crippen LogP contribution in [0.25, 0.3) is 33.4 Å². The summed E-state index contributed by atoms with van der Waals surface area (Å²) in [5, 5.41) is 2.87. The Morgan fingerprint density at radius 2 is 1.78 bits per heavy atom. The molecule has 2 aromatic carbocycles. The van der Waals surface area contributed by atoms with Crippen LogP contribution in [0.2, 0.25) is 0 Å². The number of hydrogen-bond donors (Lipinski definition) is 1. The SMILES string of the molecule is CC[N+](CC)=c1ccc2c(-c3ccccc3C(=O)CCCBr)c3ccc(N)cc3oc-2c1. The first-order valence-electron chi connectivity index (χ1n) is 11.1. The number of nitrogens with two attached hydrogens (primary N) is 1. The molecule has 0 fully saturated rings. The molecule has 5 heteroatoms. The predicted octanol–water partition coefficient (Wildman–Crippen LogP) is 5.96. The molecule has 0 saturated heterocycles. The molecule has 0 amide bonds. The minimum atomic E-state index is 0.150. The average molecular weight is 492 g/mol. The minimum absolute atomic E-state index is 0.150. The lowest BCUT2D eigenvalue weighted by molar-refractivity contribution is 0.0983. The van der Waals surface area contributed by atoms with Crippen LogP contribution in [0.1, 0.15) is 37.0 Å². The zero-order valence-corrected chi connectivity index (χ0v) is 20.1. The van der Waals surface area contributed by atoms with Crippen molar-refractivity contribution in [1.29, 1.82) is 0 Å². The highest BCUT2D eigenvalue weighted by Crippen LogP contribution is 2.41. The summed E-state index contributed by atoms with van der Waals surface area (Å²) in [5.74, 6) is 0.933. The van der Waals surface area contributed by atoms with Gasteiger partial charge in [0.05, 0.1) is 6.07 Å². The van der Waals surface area contributed by atoms with Crippen LogP contribution >= 0.6 is 15.9 Å². The third-order valence-electron chi connectivity index (χ3n) is 5.89. The van der Waals surface area contributed by atoms with E-state index in [4.69, 9.17) is 10.2 Å². The monoisotopic (exact) mass is 491 g/mol. The van der Waals surface area contributed by atoms with Crippen LogP contribution in [-0.2, 0) is 0 Å². The van der Waals surface area contributed by atoms with Crippen molar-refractivity contribution in [2.24, 2.45) is 0 Å². The summed E-state index contributed by atoms with van der Waals surface area (Å²) in [5.41, 5.74) is 11.1. The summed E-state index contributed by atoms with van der Waals surface area (Å²) in [6.07, 6.45) is 1.32. The molecule has 0 spiro atoms. The van der Waals surface area contributed by atoms with Gasteiger partial charge in [-0.3, -0.25) is 4.79 Å². The Morgan fingerprint density at radius 1 is 1.00 bits per heavy atom. The van der Waals surface area contributed by atoms with Gasteiger partial charge in [0.2, 0.25) is 5.36 Å². The van der Waals surface area contributed by atoms with Crippen molar-refractivity contribution in [3.05, 3.63) is 71.6 Å². The molecule has 4 rings (SSSR count). The normalized spacial score (nSPS) is 11.2. The Bertz CT molecular complexity index is 1320. The Labute approximate surface area is 196 Å². The number of ketones is 1. The van der Waals surface area contributed by atoms with Gasteiger partial charge < -0.3 is 10.2 Å². The number of anilines is 1. The average Bonchev–Trinajstić information content (AvgIpc) is 2.81. The number of nitrogen functional groups attached to an aromatic ring is 1. The molecule has 2 N–H and O–H groups in total. The number of benzene rings is 3. The molecular formula is C27H28BrN2O2+. The number of Topliss-reactive ketones (excluding diaryl/α,β-unsaturated/α-hetero) is 1. The fourth-order valence-corrected chi connectivity index (χ4v) is 4.56. The first kappa shape index (κ1) is 22.3. The molecule has 0 atom stereocenters. The Hall–Kier alpha value is -2.92. The molecule has 1 heterocycles. The second-order valence-electron chi connectivity index (χ2n) is 7.85. The number of nitrogens with zero attached hydrogens (tertiary/aromatic N) is 1. The first-order valence-corrected chi connectivity index (χ1v) is 12.2. The van der Waals surface area contributed by atoms with Gasteiger partial charge in [-0.25, -0.2) is 4.58 Å². The molecule has 1 aliphatic carbocycles. The lowest BCUT2D eigenvalue weighted by Gasteiger charge is -2.17. The van der Waals surface area contributed by atoms with E-state index in [1.807, 2.05) is 42.5 Å². The number of fused-ring (bicyclic) bond motifs is 2. The summed E-state index contributed by atoms with van der Waals surface area (Å²) in [6.45, 7) is 6.12. The van der Waals surface area contributed by atoms with Crippen molar-refractivity contribution in [3.8, 4) is 22.5 Å². The van der Waals surface area contributed by atoms with Crippen LogP contribution in [-0.4, -0.2) is 24.2 Å². The van der Waals surface area contributed by atoms with Crippen LogP contribution in [0.3, 0.4) is 0 Å². The van der Waals surface area contributed by atoms with Crippen molar-refractivity contribution in [2.75, 3.05) is 24.2 Å². The van der Waals surface area contributed by atoms with Crippen LogP contribution in [0.4, 0.5) is 5.69 Å². The Kier molecular flexibility index (Phi) is 6.75. The number of carbonyl (C=O) groups is 1. The molecule has 0 radical (unpaired) electrons. The summed E-state index contributed by atoms with van der Waals surface area (Å²) in [6, 6.07) is 19.9. The highest BCUT2D eigenvalue weighted by Gasteiger charge is 2.22. The molecule has 1 aliphatic heterocycles. The van der Waals surface area contributed by atoms with Crippen LogP contribution in [0, 0.1) is 0 Å². The van der Waals surface area contributed by atoms with Gasteiger partial charge in [0.15, 0.2) is 5.78 Å². The summed E-state index contributed by atoms with van der Waals surface area (Å²) < 4.78 is 8.62. The number of carbonyl (C=O) groups excluding carboxylic acids is 1. The van der Waals surface area contributed by atoms with E-state index in [1.165, 1.54) is 0 Å². The van der Waals surface area contributed by atoms with Crippen molar-refractivity contribution < 1.29 is 9.21 Å². The fraction of sp³-hybridized carbons (Fsp3) is 0.259. The molecule has 2 aliphatic rings. The van der Waals surface area contributed by atoms with E-state index in [9.17, 15) is 4.79 Å². The third kappa shape index (κ3) is 4.22. The molecule has 0 saturated carbocycles. The van der Waals surface area contributed by atoms with Gasteiger partial charge in [0.1, 0.15) is 24.4 Å². The van der Waals surface area contributed by atoms with Gasteiger partial charge in [0, 0.05) is 51.6 Å². The second kappa shape index (κ2) is 9.70. The maximum Gasteiger partial charge on any atom is 0.203 e. The van der Waals surface area contributed by atoms with Gasteiger partial charge in [-0.15, -0.1) is 0 Å². The molecule has 164 valence electrons. The molecule has 0 bridgehead atoms. The lowest BCUT2D eigenvalue weighted by Crippen LogP contribution is -2.29. The van der Waals surface area contributed by atoms with Crippen molar-refractivity contribution in [3.63, 3.8) is 0 Å². The van der Waals surface area contributed by atoms with Crippen LogP contribution in [0.15, 0.2) is 65.1 Å². The van der Waals surface area contributed by atoms with E-state index < -0.39 is 0 Å². The molecule has 4 nitrogen and oxygen atoms in total. The minimum Gasteiger partial charge on any atom is -0.456 e. The van der Waals surface area contributed by atoms with Gasteiger partial charge >= 0.3 is 0 Å². The maximum atomic E-state index is 13.1. The quantitative estimate of drug-likeness (QED) is 0.114. The van der Waals surface area contributed by atoms with E-state index in [0.717, 1.165) is 63.6 Å². The second-order valence-corrected chi connectivity index (χ2v) is 8.64. The Morgan fingerprint density at radius 3 is 2.53 bits per heavy atom. The van der Waals surface area contributed by atoms with E-state index in [0.29, 0.717) is 17.7 Å². The largest absolute Gasteiger partial charge is 0.456 e. The van der Waals surface area contributed by atoms with Gasteiger partial charge in [-0.05, 0) is 44.0 Å².